The van der Waals surface area contributed by atoms with Gasteiger partial charge in [-0.2, -0.15) is 0 Å². The first-order valence-electron chi connectivity index (χ1n) is 6.45. The minimum atomic E-state index is -0.444. The van der Waals surface area contributed by atoms with E-state index in [0.29, 0.717) is 15.6 Å². The summed E-state index contributed by atoms with van der Waals surface area (Å²) in [5.41, 5.74) is 7.93. The first-order valence-corrected chi connectivity index (χ1v) is 7.21. The average molecular weight is 320 g/mol. The lowest BCUT2D eigenvalue weighted by atomic mass is 9.94. The molecule has 0 saturated carbocycles. The topological polar surface area (TPSA) is 26.0 Å². The van der Waals surface area contributed by atoms with Crippen molar-refractivity contribution in [2.45, 2.75) is 6.04 Å². The Kier molecular flexibility index (Phi) is 3.85. The van der Waals surface area contributed by atoms with Crippen molar-refractivity contribution < 1.29 is 4.39 Å². The molecule has 3 rings (SSSR count). The number of hydrogen-bond donors (Lipinski definition) is 1. The van der Waals surface area contributed by atoms with Gasteiger partial charge in [0, 0.05) is 15.4 Å². The molecule has 0 bridgehead atoms. The summed E-state index contributed by atoms with van der Waals surface area (Å²) in [5, 5.41) is 2.90. The molecule has 0 heterocycles. The van der Waals surface area contributed by atoms with Crippen LogP contribution in [0.1, 0.15) is 17.2 Å². The SMILES string of the molecule is NC(c1ccc(F)cc1Cl)c1ccc(Cl)c2ccccc12. The van der Waals surface area contributed by atoms with Crippen molar-refractivity contribution in [1.82, 2.24) is 0 Å². The summed E-state index contributed by atoms with van der Waals surface area (Å²) in [4.78, 5) is 0. The van der Waals surface area contributed by atoms with Crippen molar-refractivity contribution in [3.05, 3.63) is 81.6 Å². The van der Waals surface area contributed by atoms with Crippen molar-refractivity contribution in [1.29, 1.82) is 0 Å². The van der Waals surface area contributed by atoms with Gasteiger partial charge in [-0.1, -0.05) is 59.6 Å². The molecule has 0 spiro atoms. The lowest BCUT2D eigenvalue weighted by molar-refractivity contribution is 0.626. The smallest absolute Gasteiger partial charge is 0.124 e. The van der Waals surface area contributed by atoms with Gasteiger partial charge in [0.05, 0.1) is 6.04 Å². The summed E-state index contributed by atoms with van der Waals surface area (Å²) < 4.78 is 13.2. The van der Waals surface area contributed by atoms with Crippen LogP contribution in [0.15, 0.2) is 54.6 Å². The van der Waals surface area contributed by atoms with Crippen molar-refractivity contribution in [3.8, 4) is 0 Å². The number of hydrogen-bond acceptors (Lipinski definition) is 1. The summed E-state index contributed by atoms with van der Waals surface area (Å²) in [5.74, 6) is -0.378. The normalized spacial score (nSPS) is 12.6. The Morgan fingerprint density at radius 1 is 0.810 bits per heavy atom. The standard InChI is InChI=1S/C17H12Cl2FN/c18-15-8-7-13(11-3-1-2-4-12(11)15)17(21)14-6-5-10(20)9-16(14)19/h1-9,17H,21H2. The van der Waals surface area contributed by atoms with Gasteiger partial charge in [-0.25, -0.2) is 4.39 Å². The van der Waals surface area contributed by atoms with Crippen LogP contribution in [0.5, 0.6) is 0 Å². The van der Waals surface area contributed by atoms with E-state index >= 15 is 0 Å². The summed E-state index contributed by atoms with van der Waals surface area (Å²) >= 11 is 12.3. The molecular formula is C17H12Cl2FN. The van der Waals surface area contributed by atoms with E-state index in [9.17, 15) is 4.39 Å². The molecule has 0 aromatic heterocycles. The van der Waals surface area contributed by atoms with E-state index in [0.717, 1.165) is 16.3 Å². The van der Waals surface area contributed by atoms with Crippen molar-refractivity contribution in [3.63, 3.8) is 0 Å². The summed E-state index contributed by atoms with van der Waals surface area (Å²) in [7, 11) is 0. The molecule has 3 aromatic carbocycles. The number of fused-ring (bicyclic) bond motifs is 1. The highest BCUT2D eigenvalue weighted by atomic mass is 35.5. The molecule has 0 aliphatic carbocycles. The van der Waals surface area contributed by atoms with Crippen LogP contribution in [-0.2, 0) is 0 Å². The third-order valence-electron chi connectivity index (χ3n) is 3.54. The molecule has 0 aliphatic heterocycles. The third-order valence-corrected chi connectivity index (χ3v) is 4.19. The van der Waals surface area contributed by atoms with Crippen molar-refractivity contribution in [2.24, 2.45) is 5.73 Å². The summed E-state index contributed by atoms with van der Waals surface area (Å²) in [6.45, 7) is 0. The van der Waals surface area contributed by atoms with E-state index in [4.69, 9.17) is 28.9 Å². The Labute approximate surface area is 132 Å². The molecule has 0 fully saturated rings. The van der Waals surface area contributed by atoms with Crippen molar-refractivity contribution in [2.75, 3.05) is 0 Å². The molecule has 106 valence electrons. The number of halogens is 3. The second-order valence-electron chi connectivity index (χ2n) is 4.83. The molecule has 1 nitrogen and oxygen atoms in total. The van der Waals surface area contributed by atoms with E-state index in [1.165, 1.54) is 12.1 Å². The Balaban J connectivity index is 2.18. The molecule has 4 heteroatoms. The van der Waals surface area contributed by atoms with Gasteiger partial charge in [-0.3, -0.25) is 0 Å². The number of rotatable bonds is 2. The van der Waals surface area contributed by atoms with Crippen LogP contribution in [0.25, 0.3) is 10.8 Å². The Morgan fingerprint density at radius 3 is 2.19 bits per heavy atom. The average Bonchev–Trinajstić information content (AvgIpc) is 2.47. The highest BCUT2D eigenvalue weighted by molar-refractivity contribution is 6.35. The van der Waals surface area contributed by atoms with Crippen LogP contribution in [0, 0.1) is 5.82 Å². The molecule has 21 heavy (non-hydrogen) atoms. The maximum Gasteiger partial charge on any atom is 0.124 e. The lowest BCUT2D eigenvalue weighted by Gasteiger charge is -2.17. The quantitative estimate of drug-likeness (QED) is 0.678. The fourth-order valence-electron chi connectivity index (χ4n) is 2.48. The predicted octanol–water partition coefficient (Wildman–Crippen LogP) is 5.33. The monoisotopic (exact) mass is 319 g/mol. The van der Waals surface area contributed by atoms with Crippen LogP contribution in [0.4, 0.5) is 4.39 Å². The molecule has 3 aromatic rings. The fourth-order valence-corrected chi connectivity index (χ4v) is 2.99. The van der Waals surface area contributed by atoms with Gasteiger partial charge < -0.3 is 5.73 Å². The zero-order valence-electron chi connectivity index (χ0n) is 11.0. The van der Waals surface area contributed by atoms with Gasteiger partial charge in [0.1, 0.15) is 5.82 Å². The zero-order valence-corrected chi connectivity index (χ0v) is 12.5. The van der Waals surface area contributed by atoms with Gasteiger partial charge in [0.2, 0.25) is 0 Å². The molecule has 2 N–H and O–H groups in total. The Hall–Kier alpha value is -1.61. The van der Waals surface area contributed by atoms with Crippen LogP contribution in [-0.4, -0.2) is 0 Å². The zero-order chi connectivity index (χ0) is 15.0. The largest absolute Gasteiger partial charge is 0.320 e. The van der Waals surface area contributed by atoms with Crippen molar-refractivity contribution >= 4 is 34.0 Å². The van der Waals surface area contributed by atoms with Crippen LogP contribution < -0.4 is 5.73 Å². The Morgan fingerprint density at radius 2 is 1.48 bits per heavy atom. The summed E-state index contributed by atoms with van der Waals surface area (Å²) in [6, 6.07) is 15.3. The van der Waals surface area contributed by atoms with E-state index in [1.54, 1.807) is 6.07 Å². The van der Waals surface area contributed by atoms with Gasteiger partial charge in [-0.15, -0.1) is 0 Å². The van der Waals surface area contributed by atoms with E-state index in [2.05, 4.69) is 0 Å². The van der Waals surface area contributed by atoms with Gasteiger partial charge in [0.15, 0.2) is 0 Å². The minimum Gasteiger partial charge on any atom is -0.320 e. The first kappa shape index (κ1) is 14.3. The molecule has 1 atom stereocenters. The molecular weight excluding hydrogens is 308 g/mol. The van der Waals surface area contributed by atoms with Crippen LogP contribution >= 0.6 is 23.2 Å². The van der Waals surface area contributed by atoms with Crippen LogP contribution in [0.3, 0.4) is 0 Å². The van der Waals surface area contributed by atoms with Crippen LogP contribution in [0.2, 0.25) is 10.0 Å². The molecule has 0 amide bonds. The van der Waals surface area contributed by atoms with Gasteiger partial charge >= 0.3 is 0 Å². The second kappa shape index (κ2) is 5.64. The first-order chi connectivity index (χ1) is 10.1. The van der Waals surface area contributed by atoms with E-state index in [1.807, 2.05) is 36.4 Å². The van der Waals surface area contributed by atoms with Gasteiger partial charge in [0.25, 0.3) is 0 Å². The highest BCUT2D eigenvalue weighted by Crippen LogP contribution is 2.34. The second-order valence-corrected chi connectivity index (χ2v) is 5.64. The highest BCUT2D eigenvalue weighted by Gasteiger charge is 2.16. The molecule has 0 saturated heterocycles. The predicted molar refractivity (Wildman–Crippen MR) is 86.4 cm³/mol. The minimum absolute atomic E-state index is 0.321. The van der Waals surface area contributed by atoms with Gasteiger partial charge in [-0.05, 0) is 34.7 Å². The van der Waals surface area contributed by atoms with E-state index < -0.39 is 6.04 Å². The molecule has 0 radical (unpaired) electrons. The lowest BCUT2D eigenvalue weighted by Crippen LogP contribution is -2.13. The summed E-state index contributed by atoms with van der Waals surface area (Å²) in [6.07, 6.45) is 0. The Bertz CT molecular complexity index is 817. The number of benzene rings is 3. The maximum absolute atomic E-state index is 13.2. The number of nitrogens with two attached hydrogens (primary N) is 1. The maximum atomic E-state index is 13.2. The molecule has 1 unspecified atom stereocenters. The fraction of sp³-hybridized carbons (Fsp3) is 0.0588. The third kappa shape index (κ3) is 2.62. The molecule has 0 aliphatic rings. The van der Waals surface area contributed by atoms with E-state index in [-0.39, 0.29) is 5.82 Å².